The van der Waals surface area contributed by atoms with Crippen LogP contribution in [0, 0.1) is 0 Å². The fraction of sp³-hybridized carbons (Fsp3) is 0.182. The largest absolute Gasteiger partial charge is 0.368 e. The number of hydrogen-bond donors (Lipinski definition) is 1. The summed E-state index contributed by atoms with van der Waals surface area (Å²) in [6.45, 7) is 0.850. The Morgan fingerprint density at radius 2 is 1.87 bits per heavy atom. The molecular formula is C11H12N4. The summed E-state index contributed by atoms with van der Waals surface area (Å²) >= 11 is 0. The molecule has 0 saturated heterocycles. The maximum Gasteiger partial charge on any atom is 0.144 e. The molecule has 0 unspecified atom stereocenters. The summed E-state index contributed by atoms with van der Waals surface area (Å²) in [4.78, 5) is 12.1. The fourth-order valence-corrected chi connectivity index (χ4v) is 1.27. The van der Waals surface area contributed by atoms with Crippen molar-refractivity contribution in [2.45, 2.75) is 6.42 Å². The second-order valence-corrected chi connectivity index (χ2v) is 3.12. The van der Waals surface area contributed by atoms with E-state index in [4.69, 9.17) is 0 Å². The van der Waals surface area contributed by atoms with Gasteiger partial charge < -0.3 is 5.32 Å². The van der Waals surface area contributed by atoms with E-state index in [0.29, 0.717) is 0 Å². The van der Waals surface area contributed by atoms with Gasteiger partial charge in [-0.2, -0.15) is 0 Å². The summed E-state index contributed by atoms with van der Waals surface area (Å²) in [5, 5.41) is 3.20. The molecule has 2 rings (SSSR count). The van der Waals surface area contributed by atoms with E-state index in [9.17, 15) is 0 Å². The molecule has 4 heteroatoms. The third-order valence-corrected chi connectivity index (χ3v) is 2.03. The standard InChI is InChI=1S/C11H12N4/c1-4-12-5-2-10(1)3-6-14-11-9-13-7-8-15-11/h1-2,4-5,7-9H,3,6H2,(H,14,15). The first kappa shape index (κ1) is 9.58. The molecule has 0 bridgehead atoms. The molecule has 76 valence electrons. The van der Waals surface area contributed by atoms with Gasteiger partial charge in [0.05, 0.1) is 6.20 Å². The van der Waals surface area contributed by atoms with Crippen LogP contribution in [0.5, 0.6) is 0 Å². The average Bonchev–Trinajstić information content (AvgIpc) is 2.32. The van der Waals surface area contributed by atoms with Gasteiger partial charge in [-0.25, -0.2) is 4.98 Å². The van der Waals surface area contributed by atoms with Gasteiger partial charge in [0.25, 0.3) is 0 Å². The van der Waals surface area contributed by atoms with Gasteiger partial charge in [0.1, 0.15) is 5.82 Å². The number of nitrogens with zero attached hydrogens (tertiary/aromatic N) is 3. The zero-order valence-electron chi connectivity index (χ0n) is 8.30. The highest BCUT2D eigenvalue weighted by atomic mass is 15.0. The lowest BCUT2D eigenvalue weighted by atomic mass is 10.2. The van der Waals surface area contributed by atoms with Crippen molar-refractivity contribution in [1.29, 1.82) is 0 Å². The summed E-state index contributed by atoms with van der Waals surface area (Å²) in [5.74, 6) is 0.812. The Kier molecular flexibility index (Phi) is 3.22. The molecule has 0 aromatic carbocycles. The van der Waals surface area contributed by atoms with Gasteiger partial charge in [0, 0.05) is 31.3 Å². The summed E-state index contributed by atoms with van der Waals surface area (Å²) in [6.07, 6.45) is 9.61. The predicted octanol–water partition coefficient (Wildman–Crippen LogP) is 1.53. The minimum absolute atomic E-state index is 0.812. The van der Waals surface area contributed by atoms with Crippen molar-refractivity contribution in [3.8, 4) is 0 Å². The van der Waals surface area contributed by atoms with Crippen LogP contribution in [-0.2, 0) is 6.42 Å². The molecule has 0 aliphatic rings. The minimum atomic E-state index is 0.812. The Hall–Kier alpha value is -1.97. The highest BCUT2D eigenvalue weighted by Gasteiger charge is 1.93. The van der Waals surface area contributed by atoms with E-state index >= 15 is 0 Å². The molecule has 2 heterocycles. The van der Waals surface area contributed by atoms with Crippen molar-refractivity contribution >= 4 is 5.82 Å². The number of aromatic nitrogens is 3. The van der Waals surface area contributed by atoms with E-state index in [1.165, 1.54) is 5.56 Å². The number of anilines is 1. The van der Waals surface area contributed by atoms with Gasteiger partial charge in [-0.15, -0.1) is 0 Å². The second-order valence-electron chi connectivity index (χ2n) is 3.12. The average molecular weight is 200 g/mol. The van der Waals surface area contributed by atoms with Crippen LogP contribution in [0.2, 0.25) is 0 Å². The van der Waals surface area contributed by atoms with Gasteiger partial charge in [-0.3, -0.25) is 9.97 Å². The highest BCUT2D eigenvalue weighted by molar-refractivity contribution is 5.30. The van der Waals surface area contributed by atoms with Gasteiger partial charge in [0.2, 0.25) is 0 Å². The van der Waals surface area contributed by atoms with E-state index in [-0.39, 0.29) is 0 Å². The van der Waals surface area contributed by atoms with E-state index < -0.39 is 0 Å². The fourth-order valence-electron chi connectivity index (χ4n) is 1.27. The van der Waals surface area contributed by atoms with Crippen molar-refractivity contribution in [2.75, 3.05) is 11.9 Å². The summed E-state index contributed by atoms with van der Waals surface area (Å²) in [6, 6.07) is 4.02. The van der Waals surface area contributed by atoms with Crippen LogP contribution >= 0.6 is 0 Å². The lowest BCUT2D eigenvalue weighted by molar-refractivity contribution is 0.994. The van der Waals surface area contributed by atoms with Gasteiger partial charge in [-0.05, 0) is 24.1 Å². The summed E-state index contributed by atoms with van der Waals surface area (Å²) in [5.41, 5.74) is 1.27. The Morgan fingerprint density at radius 3 is 2.60 bits per heavy atom. The maximum atomic E-state index is 4.12. The van der Waals surface area contributed by atoms with E-state index in [1.807, 2.05) is 12.1 Å². The third-order valence-electron chi connectivity index (χ3n) is 2.03. The SMILES string of the molecule is c1cc(CCNc2cnccn2)ccn1. The molecule has 4 nitrogen and oxygen atoms in total. The first-order valence-corrected chi connectivity index (χ1v) is 4.84. The topological polar surface area (TPSA) is 50.7 Å². The second kappa shape index (κ2) is 5.05. The Labute approximate surface area is 88.4 Å². The van der Waals surface area contributed by atoms with Crippen LogP contribution in [0.25, 0.3) is 0 Å². The van der Waals surface area contributed by atoms with Gasteiger partial charge in [0.15, 0.2) is 0 Å². The molecule has 1 N–H and O–H groups in total. The normalized spacial score (nSPS) is 9.87. The Balaban J connectivity index is 1.81. The van der Waals surface area contributed by atoms with Crippen LogP contribution in [0.3, 0.4) is 0 Å². The number of rotatable bonds is 4. The Morgan fingerprint density at radius 1 is 1.00 bits per heavy atom. The van der Waals surface area contributed by atoms with E-state index in [0.717, 1.165) is 18.8 Å². The lowest BCUT2D eigenvalue weighted by Crippen LogP contribution is -2.06. The van der Waals surface area contributed by atoms with Crippen molar-refractivity contribution in [3.05, 3.63) is 48.7 Å². The first-order chi connectivity index (χ1) is 7.45. The Bertz CT molecular complexity index is 348. The van der Waals surface area contributed by atoms with Crippen molar-refractivity contribution < 1.29 is 0 Å². The molecule has 15 heavy (non-hydrogen) atoms. The van der Waals surface area contributed by atoms with Crippen molar-refractivity contribution in [3.63, 3.8) is 0 Å². The van der Waals surface area contributed by atoms with E-state index in [1.54, 1.807) is 31.0 Å². The smallest absolute Gasteiger partial charge is 0.144 e. The molecule has 0 aliphatic heterocycles. The van der Waals surface area contributed by atoms with Crippen LogP contribution in [0.4, 0.5) is 5.82 Å². The maximum absolute atomic E-state index is 4.12. The molecular weight excluding hydrogens is 188 g/mol. The molecule has 2 aromatic heterocycles. The molecule has 0 amide bonds. The monoisotopic (exact) mass is 200 g/mol. The number of nitrogens with one attached hydrogen (secondary N) is 1. The van der Waals surface area contributed by atoms with Crippen molar-refractivity contribution in [2.24, 2.45) is 0 Å². The molecule has 0 radical (unpaired) electrons. The molecule has 0 saturated carbocycles. The highest BCUT2D eigenvalue weighted by Crippen LogP contribution is 2.00. The van der Waals surface area contributed by atoms with Crippen LogP contribution in [0.1, 0.15) is 5.56 Å². The molecule has 0 fully saturated rings. The predicted molar refractivity (Wildman–Crippen MR) is 58.5 cm³/mol. The quantitative estimate of drug-likeness (QED) is 0.813. The molecule has 0 atom stereocenters. The van der Waals surface area contributed by atoms with Crippen molar-refractivity contribution in [1.82, 2.24) is 15.0 Å². The van der Waals surface area contributed by atoms with Gasteiger partial charge in [-0.1, -0.05) is 0 Å². The lowest BCUT2D eigenvalue weighted by Gasteiger charge is -2.03. The van der Waals surface area contributed by atoms with E-state index in [2.05, 4.69) is 20.3 Å². The summed E-state index contributed by atoms with van der Waals surface area (Å²) in [7, 11) is 0. The first-order valence-electron chi connectivity index (χ1n) is 4.84. The van der Waals surface area contributed by atoms with Gasteiger partial charge >= 0.3 is 0 Å². The summed E-state index contributed by atoms with van der Waals surface area (Å²) < 4.78 is 0. The number of hydrogen-bond acceptors (Lipinski definition) is 4. The van der Waals surface area contributed by atoms with Crippen LogP contribution in [0.15, 0.2) is 43.1 Å². The molecule has 0 aliphatic carbocycles. The zero-order chi connectivity index (χ0) is 10.3. The third kappa shape index (κ3) is 3.02. The number of pyridine rings is 1. The zero-order valence-corrected chi connectivity index (χ0v) is 8.30. The van der Waals surface area contributed by atoms with Crippen LogP contribution < -0.4 is 5.32 Å². The van der Waals surface area contributed by atoms with Crippen LogP contribution in [-0.4, -0.2) is 21.5 Å². The minimum Gasteiger partial charge on any atom is -0.368 e. The molecule has 2 aromatic rings. The molecule has 0 spiro atoms.